The van der Waals surface area contributed by atoms with Crippen LogP contribution in [0.3, 0.4) is 0 Å². The quantitative estimate of drug-likeness (QED) is 0.0214. The average molecular weight is 700 g/mol. The lowest BCUT2D eigenvalue weighted by molar-refractivity contribution is -0.870. The number of phosphoric acid groups is 1. The molecular formula is C39H74NO7P. The summed E-state index contributed by atoms with van der Waals surface area (Å²) in [5, 5.41) is 0. The fraction of sp³-hybridized carbons (Fsp3) is 0.821. The van der Waals surface area contributed by atoms with Gasteiger partial charge in [-0.2, -0.15) is 0 Å². The lowest BCUT2D eigenvalue weighted by Crippen LogP contribution is -2.37. The smallest absolute Gasteiger partial charge is 0.306 e. The predicted octanol–water partition coefficient (Wildman–Crippen LogP) is 10.0. The number of hydrogen-bond donors (Lipinski definition) is 0. The van der Waals surface area contributed by atoms with Gasteiger partial charge in [-0.05, 0) is 44.9 Å². The standard InChI is InChI=1S/C39H74NO7P/c1-6-8-10-12-14-16-18-19-20-21-22-23-25-27-29-31-34-44-36-38(37-46-48(42,43)45-35-33-40(3,4)5)47-39(41)32-30-28-26-24-17-15-13-11-9-7-2/h8,10,14,16,19-20,38H,6-7,9,11-13,15,17-18,21-37H2,1-5H3/b10-8-,16-14-,20-19-. The fourth-order valence-electron chi connectivity index (χ4n) is 4.97. The van der Waals surface area contributed by atoms with Crippen LogP contribution in [0.4, 0.5) is 0 Å². The number of phosphoric ester groups is 1. The molecule has 0 aliphatic heterocycles. The molecule has 0 fully saturated rings. The third-order valence-electron chi connectivity index (χ3n) is 7.96. The molecule has 2 unspecified atom stereocenters. The fourth-order valence-corrected chi connectivity index (χ4v) is 5.70. The maximum absolute atomic E-state index is 12.6. The summed E-state index contributed by atoms with van der Waals surface area (Å²) >= 11 is 0. The van der Waals surface area contributed by atoms with Crippen LogP contribution in [0, 0.1) is 0 Å². The number of nitrogens with zero attached hydrogens (tertiary/aromatic N) is 1. The Kier molecular flexibility index (Phi) is 32.0. The Hall–Kier alpha value is -1.28. The minimum atomic E-state index is -4.52. The highest BCUT2D eigenvalue weighted by Crippen LogP contribution is 2.38. The molecule has 0 N–H and O–H groups in total. The molecule has 0 rings (SSSR count). The van der Waals surface area contributed by atoms with Crippen molar-refractivity contribution in [3.63, 3.8) is 0 Å². The summed E-state index contributed by atoms with van der Waals surface area (Å²) in [7, 11) is 1.34. The molecule has 0 aromatic carbocycles. The third kappa shape index (κ3) is 36.0. The molecule has 0 spiro atoms. The number of quaternary nitrogens is 1. The van der Waals surface area contributed by atoms with Gasteiger partial charge in [0.25, 0.3) is 7.82 Å². The van der Waals surface area contributed by atoms with E-state index < -0.39 is 13.9 Å². The zero-order valence-electron chi connectivity index (χ0n) is 31.7. The molecule has 0 heterocycles. The van der Waals surface area contributed by atoms with Gasteiger partial charge in [0.1, 0.15) is 19.3 Å². The Bertz CT molecular complexity index is 869. The van der Waals surface area contributed by atoms with Crippen molar-refractivity contribution in [2.24, 2.45) is 0 Å². The van der Waals surface area contributed by atoms with Crippen molar-refractivity contribution in [1.29, 1.82) is 0 Å². The number of ether oxygens (including phenoxy) is 2. The van der Waals surface area contributed by atoms with E-state index in [2.05, 4.69) is 50.3 Å². The monoisotopic (exact) mass is 700 g/mol. The minimum Gasteiger partial charge on any atom is -0.756 e. The second kappa shape index (κ2) is 32.9. The number of allylic oxidation sites excluding steroid dienone is 6. The second-order valence-electron chi connectivity index (χ2n) is 13.9. The highest BCUT2D eigenvalue weighted by molar-refractivity contribution is 7.45. The third-order valence-corrected chi connectivity index (χ3v) is 8.92. The van der Waals surface area contributed by atoms with Gasteiger partial charge < -0.3 is 27.9 Å². The van der Waals surface area contributed by atoms with Crippen molar-refractivity contribution in [1.82, 2.24) is 0 Å². The van der Waals surface area contributed by atoms with E-state index in [1.54, 1.807) is 0 Å². The molecule has 0 aliphatic carbocycles. The van der Waals surface area contributed by atoms with Crippen LogP contribution < -0.4 is 4.89 Å². The van der Waals surface area contributed by atoms with Crippen molar-refractivity contribution in [3.8, 4) is 0 Å². The van der Waals surface area contributed by atoms with E-state index in [1.807, 2.05) is 21.1 Å². The van der Waals surface area contributed by atoms with Gasteiger partial charge in [0.05, 0.1) is 34.4 Å². The molecule has 0 saturated carbocycles. The first-order valence-electron chi connectivity index (χ1n) is 19.2. The molecule has 282 valence electrons. The SMILES string of the molecule is CC/C=C\C/C=C\C/C=C\CCCCCCCCOCC(COP(=O)([O-])OCC[N+](C)(C)C)OC(=O)CCCCCCCCCCCC. The van der Waals surface area contributed by atoms with Gasteiger partial charge in [-0.1, -0.05) is 134 Å². The number of hydrogen-bond acceptors (Lipinski definition) is 7. The molecule has 0 radical (unpaired) electrons. The van der Waals surface area contributed by atoms with Gasteiger partial charge in [0.2, 0.25) is 0 Å². The summed E-state index contributed by atoms with van der Waals surface area (Å²) in [6, 6.07) is 0. The van der Waals surface area contributed by atoms with Crippen LogP contribution in [0.15, 0.2) is 36.5 Å². The second-order valence-corrected chi connectivity index (χ2v) is 15.3. The van der Waals surface area contributed by atoms with E-state index in [0.717, 1.165) is 64.2 Å². The minimum absolute atomic E-state index is 0.0235. The summed E-state index contributed by atoms with van der Waals surface area (Å²) in [4.78, 5) is 24.9. The number of esters is 1. The number of rotatable bonds is 35. The summed E-state index contributed by atoms with van der Waals surface area (Å²) in [5.74, 6) is -0.343. The zero-order chi connectivity index (χ0) is 35.6. The van der Waals surface area contributed by atoms with Gasteiger partial charge in [0, 0.05) is 13.0 Å². The van der Waals surface area contributed by atoms with Crippen molar-refractivity contribution >= 4 is 13.8 Å². The molecule has 9 heteroatoms. The Morgan fingerprint density at radius 3 is 1.81 bits per heavy atom. The average Bonchev–Trinajstić information content (AvgIpc) is 3.03. The first-order chi connectivity index (χ1) is 23.1. The lowest BCUT2D eigenvalue weighted by atomic mass is 10.1. The molecule has 0 saturated heterocycles. The number of unbranched alkanes of at least 4 members (excludes halogenated alkanes) is 15. The Morgan fingerprint density at radius 1 is 0.667 bits per heavy atom. The molecule has 48 heavy (non-hydrogen) atoms. The van der Waals surface area contributed by atoms with E-state index in [4.69, 9.17) is 18.5 Å². The van der Waals surface area contributed by atoms with Crippen LogP contribution in [0.1, 0.15) is 149 Å². The van der Waals surface area contributed by atoms with E-state index in [-0.39, 0.29) is 25.8 Å². The number of carbonyl (C=O) groups is 1. The molecule has 0 amide bonds. The Labute approximate surface area is 295 Å². The normalized spacial score (nSPS) is 14.4. The highest BCUT2D eigenvalue weighted by Gasteiger charge is 2.20. The van der Waals surface area contributed by atoms with Gasteiger partial charge in [-0.3, -0.25) is 9.36 Å². The molecular weight excluding hydrogens is 625 g/mol. The van der Waals surface area contributed by atoms with Gasteiger partial charge in [-0.25, -0.2) is 0 Å². The van der Waals surface area contributed by atoms with Crippen molar-refractivity contribution in [2.75, 3.05) is 54.1 Å². The van der Waals surface area contributed by atoms with Gasteiger partial charge >= 0.3 is 5.97 Å². The molecule has 0 aromatic rings. The van der Waals surface area contributed by atoms with Crippen LogP contribution in [-0.2, 0) is 27.9 Å². The van der Waals surface area contributed by atoms with Crippen LogP contribution in [-0.4, -0.2) is 70.7 Å². The first kappa shape index (κ1) is 46.7. The van der Waals surface area contributed by atoms with Crippen molar-refractivity contribution in [2.45, 2.75) is 155 Å². The lowest BCUT2D eigenvalue weighted by Gasteiger charge is -2.28. The Morgan fingerprint density at radius 2 is 1.21 bits per heavy atom. The topological polar surface area (TPSA) is 94.1 Å². The highest BCUT2D eigenvalue weighted by atomic mass is 31.2. The first-order valence-corrected chi connectivity index (χ1v) is 20.7. The van der Waals surface area contributed by atoms with Crippen LogP contribution in [0.5, 0.6) is 0 Å². The summed E-state index contributed by atoms with van der Waals surface area (Å²) < 4.78 is 34.4. The van der Waals surface area contributed by atoms with E-state index in [1.165, 1.54) is 64.2 Å². The summed E-state index contributed by atoms with van der Waals surface area (Å²) in [5.41, 5.74) is 0. The van der Waals surface area contributed by atoms with Crippen LogP contribution in [0.25, 0.3) is 0 Å². The zero-order valence-corrected chi connectivity index (χ0v) is 32.6. The van der Waals surface area contributed by atoms with E-state index in [9.17, 15) is 14.3 Å². The van der Waals surface area contributed by atoms with Gasteiger partial charge in [-0.15, -0.1) is 0 Å². The molecule has 0 aromatic heterocycles. The van der Waals surface area contributed by atoms with E-state index >= 15 is 0 Å². The van der Waals surface area contributed by atoms with Crippen LogP contribution >= 0.6 is 7.82 Å². The van der Waals surface area contributed by atoms with E-state index in [0.29, 0.717) is 24.1 Å². The van der Waals surface area contributed by atoms with Gasteiger partial charge in [0.15, 0.2) is 0 Å². The maximum atomic E-state index is 12.6. The summed E-state index contributed by atoms with van der Waals surface area (Å²) in [6.07, 6.45) is 35.8. The summed E-state index contributed by atoms with van der Waals surface area (Å²) in [6.45, 7) is 5.25. The van der Waals surface area contributed by atoms with Crippen molar-refractivity contribution in [3.05, 3.63) is 36.5 Å². The largest absolute Gasteiger partial charge is 0.756 e. The molecule has 8 nitrogen and oxygen atoms in total. The molecule has 2 atom stereocenters. The van der Waals surface area contributed by atoms with Crippen molar-refractivity contribution < 1.29 is 37.3 Å². The predicted molar refractivity (Wildman–Crippen MR) is 199 cm³/mol. The Balaban J connectivity index is 4.29. The maximum Gasteiger partial charge on any atom is 0.306 e. The van der Waals surface area contributed by atoms with Crippen LogP contribution in [0.2, 0.25) is 0 Å². The molecule has 0 aliphatic rings. The number of likely N-dealkylation sites (N-methyl/N-ethyl adjacent to an activating group) is 1. The molecule has 0 bridgehead atoms. The number of carbonyl (C=O) groups excluding carboxylic acids is 1.